The monoisotopic (exact) mass is 328 g/mol. The number of carbonyl (C=O) groups is 1. The Hall–Kier alpha value is -2.14. The maximum atomic E-state index is 12.5. The average molecular weight is 328 g/mol. The maximum Gasteiger partial charge on any atom is 0.222 e. The molecular weight excluding hydrogens is 304 g/mol. The summed E-state index contributed by atoms with van der Waals surface area (Å²) in [5.74, 6) is 1.39. The van der Waals surface area contributed by atoms with Crippen molar-refractivity contribution in [2.24, 2.45) is 5.92 Å². The zero-order valence-corrected chi connectivity index (χ0v) is 14.3. The third kappa shape index (κ3) is 3.67. The van der Waals surface area contributed by atoms with E-state index in [1.807, 2.05) is 36.2 Å². The topological polar surface area (TPSA) is 51.7 Å². The molecule has 2 heterocycles. The molecule has 128 valence electrons. The molecule has 0 spiro atoms. The molecule has 5 nitrogen and oxygen atoms in total. The van der Waals surface area contributed by atoms with Crippen molar-refractivity contribution in [3.8, 4) is 5.75 Å². The van der Waals surface area contributed by atoms with E-state index in [9.17, 15) is 4.79 Å². The first-order valence-electron chi connectivity index (χ1n) is 8.41. The van der Waals surface area contributed by atoms with E-state index in [2.05, 4.69) is 4.98 Å². The molecule has 0 unspecified atom stereocenters. The number of rotatable bonds is 5. The first-order valence-corrected chi connectivity index (χ1v) is 8.41. The molecule has 5 heteroatoms. The summed E-state index contributed by atoms with van der Waals surface area (Å²) in [6.07, 6.45) is 4.32. The molecular formula is C19H24N2O3. The Kier molecular flexibility index (Phi) is 5.30. The lowest BCUT2D eigenvalue weighted by atomic mass is 9.96. The average Bonchev–Trinajstić information content (AvgIpc) is 2.62. The van der Waals surface area contributed by atoms with Crippen LogP contribution in [-0.4, -0.2) is 43.2 Å². The van der Waals surface area contributed by atoms with Crippen LogP contribution in [0, 0.1) is 5.92 Å². The fourth-order valence-electron chi connectivity index (χ4n) is 3.21. The van der Waals surface area contributed by atoms with Crippen LogP contribution < -0.4 is 4.74 Å². The Balaban J connectivity index is 1.73. The van der Waals surface area contributed by atoms with Gasteiger partial charge in [0, 0.05) is 44.8 Å². The summed E-state index contributed by atoms with van der Waals surface area (Å²) >= 11 is 0. The molecule has 0 aliphatic carbocycles. The Morgan fingerprint density at radius 2 is 2.12 bits per heavy atom. The number of fused-ring (bicyclic) bond motifs is 1. The summed E-state index contributed by atoms with van der Waals surface area (Å²) in [6.45, 7) is 2.13. The summed E-state index contributed by atoms with van der Waals surface area (Å²) in [5, 5.41) is 1.03. The van der Waals surface area contributed by atoms with Gasteiger partial charge in [-0.2, -0.15) is 0 Å². The van der Waals surface area contributed by atoms with E-state index < -0.39 is 0 Å². The highest BCUT2D eigenvalue weighted by Gasteiger charge is 2.20. The Morgan fingerprint density at radius 3 is 2.88 bits per heavy atom. The van der Waals surface area contributed by atoms with Gasteiger partial charge in [0.05, 0.1) is 7.11 Å². The third-order valence-corrected chi connectivity index (χ3v) is 4.68. The van der Waals surface area contributed by atoms with Crippen LogP contribution in [0.4, 0.5) is 0 Å². The van der Waals surface area contributed by atoms with Gasteiger partial charge in [0.25, 0.3) is 0 Å². The van der Waals surface area contributed by atoms with Crippen LogP contribution in [0.3, 0.4) is 0 Å². The highest BCUT2D eigenvalue weighted by molar-refractivity contribution is 5.88. The zero-order chi connectivity index (χ0) is 16.9. The van der Waals surface area contributed by atoms with Gasteiger partial charge in [0.15, 0.2) is 0 Å². The van der Waals surface area contributed by atoms with Gasteiger partial charge in [-0.3, -0.25) is 9.78 Å². The lowest BCUT2D eigenvalue weighted by Gasteiger charge is -2.25. The molecule has 1 aliphatic rings. The standard InChI is InChI=1S/C19H24N2O3/c1-21(18(22)12-14-7-10-24-11-8-14)13-15-5-6-17(23-2)19-16(15)4-3-9-20-19/h3-6,9,14H,7-8,10-13H2,1-2H3. The van der Waals surface area contributed by atoms with Crippen molar-refractivity contribution in [1.82, 2.24) is 9.88 Å². The minimum Gasteiger partial charge on any atom is -0.494 e. The number of amides is 1. The van der Waals surface area contributed by atoms with E-state index in [0.29, 0.717) is 18.9 Å². The van der Waals surface area contributed by atoms with Crippen molar-refractivity contribution < 1.29 is 14.3 Å². The molecule has 1 fully saturated rings. The third-order valence-electron chi connectivity index (χ3n) is 4.68. The van der Waals surface area contributed by atoms with Gasteiger partial charge in [-0.05, 0) is 36.5 Å². The number of benzene rings is 1. The van der Waals surface area contributed by atoms with Gasteiger partial charge < -0.3 is 14.4 Å². The number of hydrogen-bond donors (Lipinski definition) is 0. The van der Waals surface area contributed by atoms with Crippen LogP contribution >= 0.6 is 0 Å². The van der Waals surface area contributed by atoms with E-state index in [1.54, 1.807) is 13.3 Å². The second kappa shape index (κ2) is 7.62. The number of nitrogens with zero attached hydrogens (tertiary/aromatic N) is 2. The highest BCUT2D eigenvalue weighted by Crippen LogP contribution is 2.27. The van der Waals surface area contributed by atoms with Crippen molar-refractivity contribution in [3.05, 3.63) is 36.0 Å². The quantitative estimate of drug-likeness (QED) is 0.846. The molecule has 1 aliphatic heterocycles. The smallest absolute Gasteiger partial charge is 0.222 e. The molecule has 2 aromatic rings. The molecule has 1 aromatic heterocycles. The summed E-state index contributed by atoms with van der Waals surface area (Å²) in [7, 11) is 3.51. The summed E-state index contributed by atoms with van der Waals surface area (Å²) in [5.41, 5.74) is 1.92. The number of methoxy groups -OCH3 is 1. The van der Waals surface area contributed by atoms with E-state index >= 15 is 0 Å². The molecule has 3 rings (SSSR count). The van der Waals surface area contributed by atoms with E-state index in [-0.39, 0.29) is 5.91 Å². The molecule has 1 aromatic carbocycles. The van der Waals surface area contributed by atoms with Gasteiger partial charge in [-0.15, -0.1) is 0 Å². The Morgan fingerprint density at radius 1 is 1.33 bits per heavy atom. The summed E-state index contributed by atoms with van der Waals surface area (Å²) in [4.78, 5) is 18.7. The van der Waals surface area contributed by atoms with Crippen LogP contribution in [0.1, 0.15) is 24.8 Å². The SMILES string of the molecule is COc1ccc(CN(C)C(=O)CC2CCOCC2)c2cccnc12. The van der Waals surface area contributed by atoms with Gasteiger partial charge in [0.1, 0.15) is 11.3 Å². The molecule has 0 saturated carbocycles. The summed E-state index contributed by atoms with van der Waals surface area (Å²) in [6, 6.07) is 7.87. The fourth-order valence-corrected chi connectivity index (χ4v) is 3.21. The summed E-state index contributed by atoms with van der Waals surface area (Å²) < 4.78 is 10.7. The largest absolute Gasteiger partial charge is 0.494 e. The van der Waals surface area contributed by atoms with Crippen LogP contribution in [0.5, 0.6) is 5.75 Å². The lowest BCUT2D eigenvalue weighted by Crippen LogP contribution is -2.29. The molecule has 1 amide bonds. The van der Waals surface area contributed by atoms with E-state index in [1.165, 1.54) is 0 Å². The predicted octanol–water partition coefficient (Wildman–Crippen LogP) is 3.02. The van der Waals surface area contributed by atoms with Crippen molar-refractivity contribution in [1.29, 1.82) is 0 Å². The van der Waals surface area contributed by atoms with Crippen LogP contribution in [-0.2, 0) is 16.1 Å². The van der Waals surface area contributed by atoms with Crippen molar-refractivity contribution in [3.63, 3.8) is 0 Å². The Labute approximate surface area is 142 Å². The molecule has 0 bridgehead atoms. The highest BCUT2D eigenvalue weighted by atomic mass is 16.5. The number of carbonyl (C=O) groups excluding carboxylic acids is 1. The van der Waals surface area contributed by atoms with Crippen molar-refractivity contribution in [2.75, 3.05) is 27.4 Å². The second-order valence-electron chi connectivity index (χ2n) is 6.34. The molecule has 0 N–H and O–H groups in total. The fraction of sp³-hybridized carbons (Fsp3) is 0.474. The zero-order valence-electron chi connectivity index (χ0n) is 14.3. The van der Waals surface area contributed by atoms with Crippen molar-refractivity contribution >= 4 is 16.8 Å². The van der Waals surface area contributed by atoms with Gasteiger partial charge in [0.2, 0.25) is 5.91 Å². The number of ether oxygens (including phenoxy) is 2. The molecule has 0 atom stereocenters. The van der Waals surface area contributed by atoms with Crippen LogP contribution in [0.15, 0.2) is 30.5 Å². The van der Waals surface area contributed by atoms with Crippen LogP contribution in [0.2, 0.25) is 0 Å². The molecule has 0 radical (unpaired) electrons. The molecule has 24 heavy (non-hydrogen) atoms. The minimum absolute atomic E-state index is 0.190. The van der Waals surface area contributed by atoms with Crippen molar-refractivity contribution in [2.45, 2.75) is 25.8 Å². The number of pyridine rings is 1. The maximum absolute atomic E-state index is 12.5. The Bertz CT molecular complexity index is 711. The first kappa shape index (κ1) is 16.7. The van der Waals surface area contributed by atoms with Crippen LogP contribution in [0.25, 0.3) is 10.9 Å². The van der Waals surface area contributed by atoms with E-state index in [0.717, 1.165) is 48.3 Å². The second-order valence-corrected chi connectivity index (χ2v) is 6.34. The lowest BCUT2D eigenvalue weighted by molar-refractivity contribution is -0.132. The molecule has 1 saturated heterocycles. The van der Waals surface area contributed by atoms with Gasteiger partial charge in [-0.25, -0.2) is 0 Å². The van der Waals surface area contributed by atoms with Gasteiger partial charge in [-0.1, -0.05) is 12.1 Å². The predicted molar refractivity (Wildman–Crippen MR) is 92.9 cm³/mol. The number of hydrogen-bond acceptors (Lipinski definition) is 4. The number of aromatic nitrogens is 1. The first-order chi connectivity index (χ1) is 11.7. The normalized spacial score (nSPS) is 15.4. The van der Waals surface area contributed by atoms with E-state index in [4.69, 9.17) is 9.47 Å². The van der Waals surface area contributed by atoms with Gasteiger partial charge >= 0.3 is 0 Å². The minimum atomic E-state index is 0.190.